The van der Waals surface area contributed by atoms with Crippen molar-refractivity contribution in [1.82, 2.24) is 14.5 Å². The number of aryl methyl sites for hydroxylation is 2. The second-order valence-corrected chi connectivity index (χ2v) is 7.98. The molecule has 1 aliphatic carbocycles. The molecule has 2 heterocycles. The van der Waals surface area contributed by atoms with E-state index < -0.39 is 10.0 Å². The number of H-pyrrole nitrogens is 1. The molecule has 112 valence electrons. The molecule has 2 aliphatic rings. The maximum Gasteiger partial charge on any atom is 0.246 e. The molecule has 1 aromatic rings. The highest BCUT2D eigenvalue weighted by Crippen LogP contribution is 2.38. The van der Waals surface area contributed by atoms with Gasteiger partial charge in [-0.2, -0.15) is 9.40 Å². The van der Waals surface area contributed by atoms with Crippen molar-refractivity contribution in [2.45, 2.75) is 44.0 Å². The number of fused-ring (bicyclic) bond motifs is 1. The first-order chi connectivity index (χ1) is 9.41. The first kappa shape index (κ1) is 14.0. The van der Waals surface area contributed by atoms with Gasteiger partial charge >= 0.3 is 0 Å². The lowest BCUT2D eigenvalue weighted by atomic mass is 9.78. The highest BCUT2D eigenvalue weighted by Gasteiger charge is 2.44. The van der Waals surface area contributed by atoms with Gasteiger partial charge < -0.3 is 5.73 Å². The molecule has 3 N–H and O–H groups in total. The summed E-state index contributed by atoms with van der Waals surface area (Å²) in [6.45, 7) is 4.63. The number of nitrogens with two attached hydrogens (primary N) is 1. The summed E-state index contributed by atoms with van der Waals surface area (Å²) < 4.78 is 27.2. The molecule has 0 spiro atoms. The molecule has 3 atom stereocenters. The zero-order valence-corrected chi connectivity index (χ0v) is 12.8. The van der Waals surface area contributed by atoms with Crippen LogP contribution in [0.5, 0.6) is 0 Å². The SMILES string of the molecule is Cc1n[nH]c(C)c1S(=O)(=O)N1CC2CCCC(N)C2C1. The van der Waals surface area contributed by atoms with Crippen LogP contribution in [0.25, 0.3) is 0 Å². The van der Waals surface area contributed by atoms with Crippen molar-refractivity contribution >= 4 is 10.0 Å². The lowest BCUT2D eigenvalue weighted by Gasteiger charge is -2.29. The van der Waals surface area contributed by atoms with Gasteiger partial charge in [-0.15, -0.1) is 0 Å². The Hall–Kier alpha value is -0.920. The number of hydrogen-bond acceptors (Lipinski definition) is 4. The summed E-state index contributed by atoms with van der Waals surface area (Å²) in [5.41, 5.74) is 7.32. The third-order valence-corrected chi connectivity index (χ3v) is 6.87. The summed E-state index contributed by atoms with van der Waals surface area (Å²) in [5, 5.41) is 6.76. The van der Waals surface area contributed by atoms with Crippen LogP contribution in [-0.2, 0) is 10.0 Å². The van der Waals surface area contributed by atoms with Gasteiger partial charge in [-0.3, -0.25) is 5.10 Å². The summed E-state index contributed by atoms with van der Waals surface area (Å²) >= 11 is 0. The van der Waals surface area contributed by atoms with E-state index in [2.05, 4.69) is 10.2 Å². The molecule has 20 heavy (non-hydrogen) atoms. The van der Waals surface area contributed by atoms with Gasteiger partial charge in [0.2, 0.25) is 10.0 Å². The fourth-order valence-corrected chi connectivity index (χ4v) is 5.59. The van der Waals surface area contributed by atoms with E-state index in [1.54, 1.807) is 18.2 Å². The van der Waals surface area contributed by atoms with Crippen LogP contribution >= 0.6 is 0 Å². The normalized spacial score (nSPS) is 31.4. The third-order valence-electron chi connectivity index (χ3n) is 4.78. The van der Waals surface area contributed by atoms with Gasteiger partial charge in [-0.25, -0.2) is 8.42 Å². The van der Waals surface area contributed by atoms with Crippen molar-refractivity contribution in [1.29, 1.82) is 0 Å². The van der Waals surface area contributed by atoms with Crippen LogP contribution in [0.1, 0.15) is 30.7 Å². The van der Waals surface area contributed by atoms with Gasteiger partial charge in [-0.1, -0.05) is 6.42 Å². The van der Waals surface area contributed by atoms with Gasteiger partial charge in [0.05, 0.1) is 11.4 Å². The van der Waals surface area contributed by atoms with Gasteiger partial charge in [0.15, 0.2) is 0 Å². The number of nitrogens with one attached hydrogen (secondary N) is 1. The molecule has 1 saturated heterocycles. The summed E-state index contributed by atoms with van der Waals surface area (Å²) in [7, 11) is -3.45. The average molecular weight is 298 g/mol. The highest BCUT2D eigenvalue weighted by molar-refractivity contribution is 7.89. The number of rotatable bonds is 2. The van der Waals surface area contributed by atoms with Crippen LogP contribution in [0, 0.1) is 25.7 Å². The van der Waals surface area contributed by atoms with Crippen molar-refractivity contribution in [3.05, 3.63) is 11.4 Å². The van der Waals surface area contributed by atoms with Crippen molar-refractivity contribution in [2.24, 2.45) is 17.6 Å². The Morgan fingerprint density at radius 1 is 1.30 bits per heavy atom. The van der Waals surface area contributed by atoms with Crippen LogP contribution in [0.2, 0.25) is 0 Å². The summed E-state index contributed by atoms with van der Waals surface area (Å²) in [4.78, 5) is 0.338. The molecule has 3 unspecified atom stereocenters. The topological polar surface area (TPSA) is 92.1 Å². The summed E-state index contributed by atoms with van der Waals surface area (Å²) in [5.74, 6) is 0.729. The van der Waals surface area contributed by atoms with Crippen LogP contribution in [0.15, 0.2) is 4.90 Å². The predicted molar refractivity (Wildman–Crippen MR) is 75.6 cm³/mol. The molecule has 0 bridgehead atoms. The van der Waals surface area contributed by atoms with Crippen molar-refractivity contribution in [2.75, 3.05) is 13.1 Å². The fourth-order valence-electron chi connectivity index (χ4n) is 3.72. The van der Waals surface area contributed by atoms with Crippen LogP contribution in [0.3, 0.4) is 0 Å². The molecule has 1 aliphatic heterocycles. The minimum Gasteiger partial charge on any atom is -0.327 e. The van der Waals surface area contributed by atoms with E-state index in [9.17, 15) is 8.42 Å². The predicted octanol–water partition coefficient (Wildman–Crippen LogP) is 0.774. The van der Waals surface area contributed by atoms with Crippen molar-refractivity contribution < 1.29 is 8.42 Å². The highest BCUT2D eigenvalue weighted by atomic mass is 32.2. The van der Waals surface area contributed by atoms with Crippen LogP contribution in [0.4, 0.5) is 0 Å². The molecule has 3 rings (SSSR count). The maximum atomic E-state index is 12.8. The zero-order chi connectivity index (χ0) is 14.5. The molecule has 1 aromatic heterocycles. The van der Waals surface area contributed by atoms with Crippen molar-refractivity contribution in [3.8, 4) is 0 Å². The smallest absolute Gasteiger partial charge is 0.246 e. The van der Waals surface area contributed by atoms with E-state index in [1.807, 2.05) is 0 Å². The number of hydrogen-bond donors (Lipinski definition) is 2. The van der Waals surface area contributed by atoms with E-state index in [0.29, 0.717) is 41.2 Å². The monoisotopic (exact) mass is 298 g/mol. The van der Waals surface area contributed by atoms with Crippen LogP contribution < -0.4 is 5.73 Å². The number of aromatic amines is 1. The third kappa shape index (κ3) is 2.08. The van der Waals surface area contributed by atoms with Gasteiger partial charge in [-0.05, 0) is 38.5 Å². The second-order valence-electron chi connectivity index (χ2n) is 6.10. The lowest BCUT2D eigenvalue weighted by Crippen LogP contribution is -2.38. The first-order valence-corrected chi connectivity index (χ1v) is 8.62. The number of aromatic nitrogens is 2. The Bertz CT molecular complexity index is 590. The lowest BCUT2D eigenvalue weighted by molar-refractivity contribution is 0.260. The summed E-state index contributed by atoms with van der Waals surface area (Å²) in [6.07, 6.45) is 3.21. The molecule has 0 amide bonds. The second kappa shape index (κ2) is 4.82. The van der Waals surface area contributed by atoms with Crippen molar-refractivity contribution in [3.63, 3.8) is 0 Å². The molecule has 0 radical (unpaired) electrons. The molecule has 1 saturated carbocycles. The van der Waals surface area contributed by atoms with E-state index in [4.69, 9.17) is 5.73 Å². The molecule has 7 heteroatoms. The fraction of sp³-hybridized carbons (Fsp3) is 0.769. The largest absolute Gasteiger partial charge is 0.327 e. The Morgan fingerprint density at radius 3 is 2.65 bits per heavy atom. The molecule has 6 nitrogen and oxygen atoms in total. The Kier molecular flexibility index (Phi) is 3.38. The number of sulfonamides is 1. The zero-order valence-electron chi connectivity index (χ0n) is 12.0. The minimum atomic E-state index is -3.45. The first-order valence-electron chi connectivity index (χ1n) is 7.18. The molecule has 2 fully saturated rings. The van der Waals surface area contributed by atoms with E-state index in [1.165, 1.54) is 0 Å². The number of nitrogens with zero attached hydrogens (tertiary/aromatic N) is 2. The summed E-state index contributed by atoms with van der Waals surface area (Å²) in [6, 6.07) is 0.139. The van der Waals surface area contributed by atoms with E-state index in [0.717, 1.165) is 19.3 Å². The van der Waals surface area contributed by atoms with E-state index in [-0.39, 0.29) is 6.04 Å². The molecule has 0 aromatic carbocycles. The molecular formula is C13H22N4O2S. The van der Waals surface area contributed by atoms with Gasteiger partial charge in [0.1, 0.15) is 4.90 Å². The van der Waals surface area contributed by atoms with Crippen LogP contribution in [-0.4, -0.2) is 42.1 Å². The Labute approximate surface area is 119 Å². The van der Waals surface area contributed by atoms with E-state index >= 15 is 0 Å². The Balaban J connectivity index is 1.90. The average Bonchev–Trinajstić information content (AvgIpc) is 2.95. The standard InChI is InChI=1S/C13H22N4O2S/c1-8-13(9(2)16-15-8)20(18,19)17-6-10-4-3-5-12(14)11(10)7-17/h10-12H,3-7,14H2,1-2H3,(H,15,16). The Morgan fingerprint density at radius 2 is 2.05 bits per heavy atom. The maximum absolute atomic E-state index is 12.8. The molecular weight excluding hydrogens is 276 g/mol. The van der Waals surface area contributed by atoms with Gasteiger partial charge in [0.25, 0.3) is 0 Å². The van der Waals surface area contributed by atoms with Gasteiger partial charge in [0, 0.05) is 19.1 Å². The minimum absolute atomic E-state index is 0.139. The quantitative estimate of drug-likeness (QED) is 0.843.